The van der Waals surface area contributed by atoms with Crippen molar-refractivity contribution in [1.29, 1.82) is 0 Å². The molecular weight excluding hydrogens is 198 g/mol. The van der Waals surface area contributed by atoms with Crippen LogP contribution in [0.2, 0.25) is 0 Å². The van der Waals surface area contributed by atoms with E-state index in [2.05, 4.69) is 0 Å². The molecule has 0 saturated heterocycles. The van der Waals surface area contributed by atoms with Crippen LogP contribution in [0.3, 0.4) is 0 Å². The highest BCUT2D eigenvalue weighted by Gasteiger charge is 2.21. The molecule has 0 radical (unpaired) electrons. The summed E-state index contributed by atoms with van der Waals surface area (Å²) in [6, 6.07) is 4.45. The number of ether oxygens (including phenoxy) is 1. The number of phenolic OH excluding ortho intramolecular Hbond substituents is 1. The van der Waals surface area contributed by atoms with Crippen molar-refractivity contribution in [2.45, 2.75) is 5.92 Å². The number of methoxy groups -OCH3 is 1. The SMILES string of the molecule is COc1ccc(C(CN)C(=O)O)c(O)c1. The number of aromatic hydroxyl groups is 1. The van der Waals surface area contributed by atoms with Gasteiger partial charge in [0, 0.05) is 18.2 Å². The third-order valence-corrected chi connectivity index (χ3v) is 2.15. The lowest BCUT2D eigenvalue weighted by Crippen LogP contribution is -2.21. The second-order valence-corrected chi connectivity index (χ2v) is 3.05. The molecule has 1 aromatic rings. The van der Waals surface area contributed by atoms with Crippen LogP contribution in [0.5, 0.6) is 11.5 Å². The van der Waals surface area contributed by atoms with Gasteiger partial charge in [-0.05, 0) is 6.07 Å². The van der Waals surface area contributed by atoms with Gasteiger partial charge in [0.05, 0.1) is 13.0 Å². The van der Waals surface area contributed by atoms with Crippen molar-refractivity contribution in [2.75, 3.05) is 13.7 Å². The van der Waals surface area contributed by atoms with Gasteiger partial charge in [-0.1, -0.05) is 6.07 Å². The molecule has 82 valence electrons. The Bertz CT molecular complexity index is 364. The quantitative estimate of drug-likeness (QED) is 0.675. The Hall–Kier alpha value is -1.75. The maximum absolute atomic E-state index is 10.8. The summed E-state index contributed by atoms with van der Waals surface area (Å²) in [4.78, 5) is 10.8. The Morgan fingerprint density at radius 3 is 2.67 bits per heavy atom. The molecule has 5 nitrogen and oxygen atoms in total. The smallest absolute Gasteiger partial charge is 0.312 e. The van der Waals surface area contributed by atoms with Gasteiger partial charge in [-0.25, -0.2) is 0 Å². The van der Waals surface area contributed by atoms with E-state index in [1.165, 1.54) is 19.2 Å². The second-order valence-electron chi connectivity index (χ2n) is 3.05. The zero-order valence-electron chi connectivity index (χ0n) is 8.30. The highest BCUT2D eigenvalue weighted by Crippen LogP contribution is 2.29. The molecule has 0 aliphatic heterocycles. The van der Waals surface area contributed by atoms with Crippen LogP contribution >= 0.6 is 0 Å². The molecule has 0 heterocycles. The average Bonchev–Trinajstić information content (AvgIpc) is 2.20. The van der Waals surface area contributed by atoms with E-state index < -0.39 is 11.9 Å². The molecule has 5 heteroatoms. The minimum atomic E-state index is -1.06. The largest absolute Gasteiger partial charge is 0.508 e. The summed E-state index contributed by atoms with van der Waals surface area (Å²) >= 11 is 0. The number of phenols is 1. The van der Waals surface area contributed by atoms with Crippen molar-refractivity contribution < 1.29 is 19.7 Å². The first kappa shape index (κ1) is 11.3. The zero-order chi connectivity index (χ0) is 11.4. The van der Waals surface area contributed by atoms with E-state index in [1.807, 2.05) is 0 Å². The van der Waals surface area contributed by atoms with Gasteiger partial charge in [0.2, 0.25) is 0 Å². The van der Waals surface area contributed by atoms with E-state index in [1.54, 1.807) is 6.07 Å². The maximum atomic E-state index is 10.8. The van der Waals surface area contributed by atoms with Crippen molar-refractivity contribution in [3.05, 3.63) is 23.8 Å². The number of hydrogen-bond acceptors (Lipinski definition) is 4. The third-order valence-electron chi connectivity index (χ3n) is 2.15. The maximum Gasteiger partial charge on any atom is 0.312 e. The molecule has 0 aliphatic rings. The molecule has 0 aromatic heterocycles. The molecule has 0 saturated carbocycles. The van der Waals surface area contributed by atoms with Gasteiger partial charge in [-0.3, -0.25) is 4.79 Å². The molecule has 0 fully saturated rings. The summed E-state index contributed by atoms with van der Waals surface area (Å²) in [5, 5.41) is 18.4. The number of rotatable bonds is 4. The Kier molecular flexibility index (Phi) is 3.51. The van der Waals surface area contributed by atoms with Crippen LogP contribution in [0.1, 0.15) is 11.5 Å². The Balaban J connectivity index is 3.08. The minimum absolute atomic E-state index is 0.0603. The van der Waals surface area contributed by atoms with Crippen LogP contribution < -0.4 is 10.5 Å². The molecule has 0 spiro atoms. The number of aliphatic carboxylic acids is 1. The number of carbonyl (C=O) groups is 1. The molecule has 15 heavy (non-hydrogen) atoms. The highest BCUT2D eigenvalue weighted by molar-refractivity contribution is 5.77. The van der Waals surface area contributed by atoms with E-state index in [0.29, 0.717) is 11.3 Å². The number of carboxylic acid groups (broad SMARTS) is 1. The first-order valence-corrected chi connectivity index (χ1v) is 4.40. The molecule has 1 atom stereocenters. The summed E-state index contributed by atoms with van der Waals surface area (Å²) in [5.74, 6) is -1.60. The topological polar surface area (TPSA) is 92.8 Å². The lowest BCUT2D eigenvalue weighted by atomic mass is 9.98. The van der Waals surface area contributed by atoms with Crippen LogP contribution in [0.4, 0.5) is 0 Å². The van der Waals surface area contributed by atoms with Gasteiger partial charge in [0.1, 0.15) is 11.5 Å². The standard InChI is InChI=1S/C10H13NO4/c1-15-6-2-3-7(9(12)4-6)8(5-11)10(13)14/h2-4,8,12H,5,11H2,1H3,(H,13,14). The van der Waals surface area contributed by atoms with Gasteiger partial charge in [-0.15, -0.1) is 0 Å². The molecule has 4 N–H and O–H groups in total. The Labute approximate surface area is 87.1 Å². The van der Waals surface area contributed by atoms with E-state index in [-0.39, 0.29) is 12.3 Å². The van der Waals surface area contributed by atoms with Crippen LogP contribution in [-0.2, 0) is 4.79 Å². The first-order valence-electron chi connectivity index (χ1n) is 4.40. The van der Waals surface area contributed by atoms with Crippen molar-refractivity contribution in [3.63, 3.8) is 0 Å². The molecular formula is C10H13NO4. The summed E-state index contributed by atoms with van der Waals surface area (Å²) in [6.45, 7) is -0.0603. The van der Waals surface area contributed by atoms with Gasteiger partial charge in [-0.2, -0.15) is 0 Å². The van der Waals surface area contributed by atoms with Crippen molar-refractivity contribution in [2.24, 2.45) is 5.73 Å². The zero-order valence-corrected chi connectivity index (χ0v) is 8.30. The van der Waals surface area contributed by atoms with E-state index >= 15 is 0 Å². The lowest BCUT2D eigenvalue weighted by molar-refractivity contribution is -0.138. The highest BCUT2D eigenvalue weighted by atomic mass is 16.5. The van der Waals surface area contributed by atoms with Crippen molar-refractivity contribution in [1.82, 2.24) is 0 Å². The Morgan fingerprint density at radius 2 is 2.27 bits per heavy atom. The van der Waals surface area contributed by atoms with Gasteiger partial charge in [0.25, 0.3) is 0 Å². The number of nitrogens with two attached hydrogens (primary N) is 1. The van der Waals surface area contributed by atoms with Crippen LogP contribution in [-0.4, -0.2) is 29.8 Å². The summed E-state index contributed by atoms with van der Waals surface area (Å²) < 4.78 is 4.89. The average molecular weight is 211 g/mol. The predicted molar refractivity (Wildman–Crippen MR) is 54.1 cm³/mol. The van der Waals surface area contributed by atoms with Gasteiger partial charge >= 0.3 is 5.97 Å². The van der Waals surface area contributed by atoms with E-state index in [4.69, 9.17) is 15.6 Å². The fourth-order valence-electron chi connectivity index (χ4n) is 1.31. The fourth-order valence-corrected chi connectivity index (χ4v) is 1.31. The first-order chi connectivity index (χ1) is 7.10. The minimum Gasteiger partial charge on any atom is -0.508 e. The third kappa shape index (κ3) is 2.38. The molecule has 0 aliphatic carbocycles. The molecule has 1 rings (SSSR count). The van der Waals surface area contributed by atoms with Crippen LogP contribution in [0.25, 0.3) is 0 Å². The van der Waals surface area contributed by atoms with E-state index in [0.717, 1.165) is 0 Å². The summed E-state index contributed by atoms with van der Waals surface area (Å²) in [7, 11) is 1.46. The second kappa shape index (κ2) is 4.65. The van der Waals surface area contributed by atoms with E-state index in [9.17, 15) is 9.90 Å². The monoisotopic (exact) mass is 211 g/mol. The van der Waals surface area contributed by atoms with Gasteiger partial charge in [0.15, 0.2) is 0 Å². The van der Waals surface area contributed by atoms with Crippen molar-refractivity contribution >= 4 is 5.97 Å². The molecule has 1 unspecified atom stereocenters. The van der Waals surface area contributed by atoms with Crippen molar-refractivity contribution in [3.8, 4) is 11.5 Å². The van der Waals surface area contributed by atoms with Gasteiger partial charge < -0.3 is 20.7 Å². The summed E-state index contributed by atoms with van der Waals surface area (Å²) in [5.41, 5.74) is 5.62. The number of benzene rings is 1. The number of hydrogen-bond donors (Lipinski definition) is 3. The Morgan fingerprint density at radius 1 is 1.60 bits per heavy atom. The van der Waals surface area contributed by atoms with Crippen LogP contribution in [0.15, 0.2) is 18.2 Å². The normalized spacial score (nSPS) is 12.1. The number of carboxylic acids is 1. The predicted octanol–water partition coefficient (Wildman–Crippen LogP) is 0.528. The van der Waals surface area contributed by atoms with Crippen LogP contribution in [0, 0.1) is 0 Å². The lowest BCUT2D eigenvalue weighted by Gasteiger charge is -2.12. The molecule has 0 bridgehead atoms. The molecule has 1 aromatic carbocycles. The fraction of sp³-hybridized carbons (Fsp3) is 0.300. The summed E-state index contributed by atoms with van der Waals surface area (Å²) in [6.07, 6.45) is 0. The molecule has 0 amide bonds.